The number of carbonyl (C=O) groups is 3. The molecule has 1 saturated heterocycles. The molecule has 0 spiro atoms. The Labute approximate surface area is 195 Å². The van der Waals surface area contributed by atoms with Crippen LogP contribution < -0.4 is 10.6 Å². The first-order valence-corrected chi connectivity index (χ1v) is 10.5. The molecule has 11 heteroatoms. The Kier molecular flexibility index (Phi) is 10.5. The van der Waals surface area contributed by atoms with Crippen LogP contribution in [0.2, 0.25) is 10.0 Å². The Balaban J connectivity index is 0.00000114. The molecule has 1 fully saturated rings. The topological polar surface area (TPSA) is 121 Å². The lowest BCUT2D eigenvalue weighted by Gasteiger charge is -2.33. The molecule has 174 valence electrons. The fourth-order valence-electron chi connectivity index (χ4n) is 3.11. The van der Waals surface area contributed by atoms with Crippen LogP contribution in [0.3, 0.4) is 0 Å². The number of halogens is 2. The minimum atomic E-state index is -0.325. The number of furan rings is 1. The first kappa shape index (κ1) is 25.7. The van der Waals surface area contributed by atoms with Crippen LogP contribution in [0.25, 0.3) is 0 Å². The zero-order valence-electron chi connectivity index (χ0n) is 17.5. The van der Waals surface area contributed by atoms with Crippen molar-refractivity contribution in [1.29, 1.82) is 0 Å². The van der Waals surface area contributed by atoms with Crippen molar-refractivity contribution in [3.8, 4) is 0 Å². The summed E-state index contributed by atoms with van der Waals surface area (Å²) in [5, 5.41) is 13.3. The summed E-state index contributed by atoms with van der Waals surface area (Å²) in [6, 6.07) is 8.79. The first-order valence-electron chi connectivity index (χ1n) is 9.79. The first-order chi connectivity index (χ1) is 15.4. The van der Waals surface area contributed by atoms with Gasteiger partial charge >= 0.3 is 0 Å². The number of morpholine rings is 1. The van der Waals surface area contributed by atoms with Crippen LogP contribution in [0.1, 0.15) is 21.9 Å². The predicted octanol–water partition coefficient (Wildman–Crippen LogP) is 2.21. The zero-order chi connectivity index (χ0) is 23.5. The van der Waals surface area contributed by atoms with Crippen molar-refractivity contribution in [2.24, 2.45) is 0 Å². The van der Waals surface area contributed by atoms with Gasteiger partial charge in [-0.25, -0.2) is 0 Å². The minimum absolute atomic E-state index is 0.0662. The number of carboxylic acid groups (broad SMARTS) is 1. The van der Waals surface area contributed by atoms with E-state index in [0.29, 0.717) is 35.5 Å². The van der Waals surface area contributed by atoms with E-state index < -0.39 is 0 Å². The Morgan fingerprint density at radius 1 is 1.25 bits per heavy atom. The molecular weight excluding hydrogens is 461 g/mol. The van der Waals surface area contributed by atoms with Gasteiger partial charge in [0, 0.05) is 33.2 Å². The second kappa shape index (κ2) is 13.1. The molecule has 1 aliphatic heterocycles. The molecule has 1 aromatic heterocycles. The van der Waals surface area contributed by atoms with Crippen LogP contribution in [-0.2, 0) is 27.3 Å². The highest BCUT2D eigenvalue weighted by Gasteiger charge is 2.21. The summed E-state index contributed by atoms with van der Waals surface area (Å²) in [5.74, 6) is 0.109. The van der Waals surface area contributed by atoms with Crippen LogP contribution in [0.4, 0.5) is 0 Å². The highest BCUT2D eigenvalue weighted by molar-refractivity contribution is 6.42. The molecule has 0 saturated carbocycles. The normalized spacial score (nSPS) is 15.9. The van der Waals surface area contributed by atoms with Gasteiger partial charge in [-0.1, -0.05) is 29.3 Å². The number of nitrogens with zero attached hydrogens (tertiary/aromatic N) is 1. The molecule has 3 rings (SSSR count). The van der Waals surface area contributed by atoms with Crippen molar-refractivity contribution in [2.75, 3.05) is 33.3 Å². The van der Waals surface area contributed by atoms with Gasteiger partial charge in [-0.3, -0.25) is 19.3 Å². The van der Waals surface area contributed by atoms with E-state index in [-0.39, 0.29) is 36.6 Å². The lowest BCUT2D eigenvalue weighted by molar-refractivity contribution is -0.123. The molecule has 0 bridgehead atoms. The summed E-state index contributed by atoms with van der Waals surface area (Å²) in [6.07, 6.45) is -0.0371. The van der Waals surface area contributed by atoms with Gasteiger partial charge < -0.3 is 24.9 Å². The molecule has 1 atom stereocenters. The van der Waals surface area contributed by atoms with E-state index in [2.05, 4.69) is 15.5 Å². The monoisotopic (exact) mass is 485 g/mol. The molecule has 0 radical (unpaired) electrons. The Bertz CT molecular complexity index is 921. The van der Waals surface area contributed by atoms with Gasteiger partial charge in [0.25, 0.3) is 12.4 Å². The third-order valence-corrected chi connectivity index (χ3v) is 5.33. The van der Waals surface area contributed by atoms with Crippen molar-refractivity contribution in [2.45, 2.75) is 19.1 Å². The van der Waals surface area contributed by atoms with Gasteiger partial charge in [0.15, 0.2) is 5.76 Å². The highest BCUT2D eigenvalue weighted by Crippen LogP contribution is 2.23. The van der Waals surface area contributed by atoms with Crippen LogP contribution >= 0.6 is 23.2 Å². The van der Waals surface area contributed by atoms with Crippen LogP contribution in [-0.4, -0.2) is 67.7 Å². The smallest absolute Gasteiger partial charge is 0.290 e. The average molecular weight is 486 g/mol. The van der Waals surface area contributed by atoms with E-state index in [9.17, 15) is 9.59 Å². The van der Waals surface area contributed by atoms with E-state index in [4.69, 9.17) is 42.3 Å². The molecule has 2 amide bonds. The fraction of sp³-hybridized carbons (Fsp3) is 0.381. The predicted molar refractivity (Wildman–Crippen MR) is 119 cm³/mol. The SMILES string of the molecule is CNC(=O)c1ccc(CC(=O)NC[C@H]2CN(Cc3ccc(Cl)c(Cl)c3)CCO2)o1.O=CO. The lowest BCUT2D eigenvalue weighted by Crippen LogP contribution is -2.47. The maximum absolute atomic E-state index is 12.2. The maximum Gasteiger partial charge on any atom is 0.290 e. The standard InChI is InChI=1S/C20H23Cl2N3O4.CH2O2/c1-23-20(27)18-5-3-14(29-18)9-19(26)24-10-15-12-25(6-7-28-15)11-13-2-4-16(21)17(22)8-13;2-1-3/h2-5,8,15H,6-7,9-12H2,1H3,(H,23,27)(H,24,26);1H,(H,2,3)/t15-;/m0./s1. The molecule has 32 heavy (non-hydrogen) atoms. The molecule has 1 aromatic carbocycles. The number of carbonyl (C=O) groups excluding carboxylic acids is 2. The lowest BCUT2D eigenvalue weighted by atomic mass is 10.2. The van der Waals surface area contributed by atoms with Crippen molar-refractivity contribution < 1.29 is 28.6 Å². The summed E-state index contributed by atoms with van der Waals surface area (Å²) in [7, 11) is 1.52. The van der Waals surface area contributed by atoms with E-state index in [0.717, 1.165) is 18.7 Å². The van der Waals surface area contributed by atoms with Gasteiger partial charge in [0.1, 0.15) is 5.76 Å². The third kappa shape index (κ3) is 8.16. The van der Waals surface area contributed by atoms with Gasteiger partial charge in [-0.15, -0.1) is 0 Å². The molecule has 3 N–H and O–H groups in total. The molecule has 2 heterocycles. The summed E-state index contributed by atoms with van der Waals surface area (Å²) < 4.78 is 11.1. The quantitative estimate of drug-likeness (QED) is 0.513. The van der Waals surface area contributed by atoms with Gasteiger partial charge in [0.05, 0.1) is 29.2 Å². The molecule has 1 aliphatic rings. The van der Waals surface area contributed by atoms with E-state index in [1.807, 2.05) is 12.1 Å². The number of rotatable bonds is 7. The number of benzene rings is 1. The number of nitrogens with one attached hydrogen (secondary N) is 2. The highest BCUT2D eigenvalue weighted by atomic mass is 35.5. The second-order valence-corrected chi connectivity index (χ2v) is 7.72. The zero-order valence-corrected chi connectivity index (χ0v) is 19.0. The molecule has 9 nitrogen and oxygen atoms in total. The third-order valence-electron chi connectivity index (χ3n) is 4.59. The van der Waals surface area contributed by atoms with Gasteiger partial charge in [0.2, 0.25) is 5.91 Å². The largest absolute Gasteiger partial charge is 0.483 e. The Morgan fingerprint density at radius 2 is 2.00 bits per heavy atom. The van der Waals surface area contributed by atoms with Gasteiger partial charge in [-0.05, 0) is 29.8 Å². The van der Waals surface area contributed by atoms with E-state index in [1.54, 1.807) is 18.2 Å². The van der Waals surface area contributed by atoms with Gasteiger partial charge in [-0.2, -0.15) is 0 Å². The van der Waals surface area contributed by atoms with Crippen molar-refractivity contribution in [1.82, 2.24) is 15.5 Å². The fourth-order valence-corrected chi connectivity index (χ4v) is 3.43. The Hall–Kier alpha value is -2.59. The Morgan fingerprint density at radius 3 is 2.69 bits per heavy atom. The van der Waals surface area contributed by atoms with Crippen LogP contribution in [0.15, 0.2) is 34.7 Å². The van der Waals surface area contributed by atoms with Crippen molar-refractivity contribution in [3.63, 3.8) is 0 Å². The maximum atomic E-state index is 12.2. The van der Waals surface area contributed by atoms with Crippen molar-refractivity contribution in [3.05, 3.63) is 57.5 Å². The molecule has 0 unspecified atom stereocenters. The second-order valence-electron chi connectivity index (χ2n) is 6.91. The van der Waals surface area contributed by atoms with Crippen LogP contribution in [0.5, 0.6) is 0 Å². The summed E-state index contributed by atoms with van der Waals surface area (Å²) >= 11 is 12.1. The molecule has 2 aromatic rings. The van der Waals surface area contributed by atoms with Crippen LogP contribution in [0, 0.1) is 0 Å². The number of hydrogen-bond acceptors (Lipinski definition) is 6. The number of amides is 2. The molecule has 0 aliphatic carbocycles. The minimum Gasteiger partial charge on any atom is -0.483 e. The summed E-state index contributed by atoms with van der Waals surface area (Å²) in [4.78, 5) is 34.3. The number of ether oxygens (including phenoxy) is 1. The molecular formula is C21H25Cl2N3O6. The van der Waals surface area contributed by atoms with E-state index >= 15 is 0 Å². The van der Waals surface area contributed by atoms with E-state index in [1.165, 1.54) is 7.05 Å². The number of hydrogen-bond donors (Lipinski definition) is 3. The summed E-state index contributed by atoms with van der Waals surface area (Å²) in [6.45, 7) is 2.98. The average Bonchev–Trinajstić information content (AvgIpc) is 3.23. The van der Waals surface area contributed by atoms with Crippen molar-refractivity contribution >= 4 is 41.5 Å². The summed E-state index contributed by atoms with van der Waals surface area (Å²) in [5.41, 5.74) is 1.08.